The van der Waals surface area contributed by atoms with Gasteiger partial charge in [-0.25, -0.2) is 0 Å². The average molecular weight is 174 g/mol. The van der Waals surface area contributed by atoms with Gasteiger partial charge in [0.15, 0.2) is 0 Å². The highest BCUT2D eigenvalue weighted by atomic mass is 16.3. The highest BCUT2D eigenvalue weighted by molar-refractivity contribution is 5.19. The molecule has 2 aromatic heterocycles. The minimum Gasteiger partial charge on any atom is -0.381 e. The van der Waals surface area contributed by atoms with E-state index in [-0.39, 0.29) is 0 Å². The summed E-state index contributed by atoms with van der Waals surface area (Å²) in [6.45, 7) is 0. The monoisotopic (exact) mass is 174 g/mol. The summed E-state index contributed by atoms with van der Waals surface area (Å²) in [5.41, 5.74) is 1.42. The van der Waals surface area contributed by atoms with E-state index >= 15 is 0 Å². The molecule has 2 rings (SSSR count). The number of pyridine rings is 1. The van der Waals surface area contributed by atoms with Crippen LogP contribution in [-0.2, 0) is 0 Å². The fraction of sp³-hybridized carbons (Fsp3) is 0.100. The van der Waals surface area contributed by atoms with Gasteiger partial charge in [-0.1, -0.05) is 6.07 Å². The zero-order valence-corrected chi connectivity index (χ0v) is 7.01. The van der Waals surface area contributed by atoms with E-state index in [1.807, 2.05) is 24.3 Å². The maximum atomic E-state index is 9.79. The van der Waals surface area contributed by atoms with Crippen molar-refractivity contribution in [3.63, 3.8) is 0 Å². The molecule has 2 aromatic rings. The van der Waals surface area contributed by atoms with Crippen LogP contribution in [-0.4, -0.2) is 15.1 Å². The fourth-order valence-electron chi connectivity index (χ4n) is 1.21. The summed E-state index contributed by atoms with van der Waals surface area (Å²) in [6.07, 6.45) is 2.79. The van der Waals surface area contributed by atoms with Crippen molar-refractivity contribution in [2.75, 3.05) is 0 Å². The predicted molar refractivity (Wildman–Crippen MR) is 49.1 cm³/mol. The van der Waals surface area contributed by atoms with Crippen LogP contribution in [0.2, 0.25) is 0 Å². The van der Waals surface area contributed by atoms with Gasteiger partial charge in [-0.15, -0.1) is 0 Å². The number of aromatic nitrogens is 2. The zero-order chi connectivity index (χ0) is 9.10. The van der Waals surface area contributed by atoms with Crippen molar-refractivity contribution >= 4 is 0 Å². The first kappa shape index (κ1) is 8.01. The lowest BCUT2D eigenvalue weighted by Gasteiger charge is -2.06. The topological polar surface area (TPSA) is 48.9 Å². The molecule has 0 spiro atoms. The number of hydrogen-bond donors (Lipinski definition) is 2. The van der Waals surface area contributed by atoms with Crippen LogP contribution < -0.4 is 0 Å². The molecule has 1 atom stereocenters. The van der Waals surface area contributed by atoms with Crippen molar-refractivity contribution < 1.29 is 5.11 Å². The third kappa shape index (κ3) is 1.60. The molecule has 0 radical (unpaired) electrons. The fourth-order valence-corrected chi connectivity index (χ4v) is 1.21. The minimum atomic E-state index is -0.656. The average Bonchev–Trinajstić information content (AvgIpc) is 2.71. The number of aliphatic hydroxyl groups is 1. The van der Waals surface area contributed by atoms with Crippen LogP contribution in [0.3, 0.4) is 0 Å². The second kappa shape index (κ2) is 3.41. The van der Waals surface area contributed by atoms with Crippen molar-refractivity contribution in [3.05, 3.63) is 54.1 Å². The highest BCUT2D eigenvalue weighted by Crippen LogP contribution is 2.16. The summed E-state index contributed by atoms with van der Waals surface area (Å²) in [6, 6.07) is 9.16. The van der Waals surface area contributed by atoms with E-state index in [1.165, 1.54) is 0 Å². The molecule has 0 amide bonds. The Hall–Kier alpha value is -1.61. The van der Waals surface area contributed by atoms with Gasteiger partial charge < -0.3 is 10.1 Å². The van der Waals surface area contributed by atoms with Gasteiger partial charge in [0.2, 0.25) is 0 Å². The summed E-state index contributed by atoms with van der Waals surface area (Å²) in [5.74, 6) is 0. The molecule has 13 heavy (non-hydrogen) atoms. The molecular weight excluding hydrogens is 164 g/mol. The molecule has 0 aliphatic heterocycles. The van der Waals surface area contributed by atoms with Crippen LogP contribution in [0.25, 0.3) is 0 Å². The largest absolute Gasteiger partial charge is 0.381 e. The molecule has 0 aromatic carbocycles. The number of H-pyrrole nitrogens is 1. The van der Waals surface area contributed by atoms with E-state index < -0.39 is 6.10 Å². The summed E-state index contributed by atoms with van der Waals surface area (Å²) in [5, 5.41) is 9.79. The molecule has 3 nitrogen and oxygen atoms in total. The summed E-state index contributed by atoms with van der Waals surface area (Å²) in [7, 11) is 0. The first-order chi connectivity index (χ1) is 6.38. The molecule has 0 saturated carbocycles. The van der Waals surface area contributed by atoms with Crippen molar-refractivity contribution in [3.8, 4) is 0 Å². The Morgan fingerprint density at radius 2 is 2.15 bits per heavy atom. The first-order valence-corrected chi connectivity index (χ1v) is 4.10. The second-order valence-electron chi connectivity index (χ2n) is 2.78. The number of hydrogen-bond acceptors (Lipinski definition) is 2. The maximum Gasteiger partial charge on any atom is 0.136 e. The molecule has 0 saturated heterocycles. The van der Waals surface area contributed by atoms with E-state index in [0.717, 1.165) is 5.69 Å². The number of aliphatic hydroxyl groups excluding tert-OH is 1. The smallest absolute Gasteiger partial charge is 0.136 e. The Bertz CT molecular complexity index is 356. The molecule has 1 unspecified atom stereocenters. The lowest BCUT2D eigenvalue weighted by molar-refractivity contribution is 0.211. The van der Waals surface area contributed by atoms with Crippen molar-refractivity contribution in [1.29, 1.82) is 0 Å². The molecule has 3 heteroatoms. The standard InChI is InChI=1S/C10H10N2O/c13-10(9-5-3-7-12-9)8-4-1-2-6-11-8/h1-7,10,12-13H. The third-order valence-corrected chi connectivity index (χ3v) is 1.88. The molecule has 0 aliphatic carbocycles. The predicted octanol–water partition coefficient (Wildman–Crippen LogP) is 1.49. The van der Waals surface area contributed by atoms with Crippen molar-refractivity contribution in [1.82, 2.24) is 9.97 Å². The van der Waals surface area contributed by atoms with Gasteiger partial charge in [-0.3, -0.25) is 4.98 Å². The quantitative estimate of drug-likeness (QED) is 0.724. The molecule has 0 bridgehead atoms. The molecular formula is C10H10N2O. The Labute approximate surface area is 76.1 Å². The SMILES string of the molecule is OC(c1ccccn1)c1ccc[nH]1. The Kier molecular flexibility index (Phi) is 2.10. The summed E-state index contributed by atoms with van der Waals surface area (Å²) >= 11 is 0. The second-order valence-corrected chi connectivity index (χ2v) is 2.78. The van der Waals surface area contributed by atoms with Crippen LogP contribution in [0.15, 0.2) is 42.7 Å². The lowest BCUT2D eigenvalue weighted by atomic mass is 10.2. The number of rotatable bonds is 2. The van der Waals surface area contributed by atoms with E-state index in [2.05, 4.69) is 9.97 Å². The van der Waals surface area contributed by atoms with E-state index in [0.29, 0.717) is 5.69 Å². The molecule has 2 heterocycles. The van der Waals surface area contributed by atoms with Crippen LogP contribution >= 0.6 is 0 Å². The van der Waals surface area contributed by atoms with Gasteiger partial charge in [0.1, 0.15) is 6.10 Å². The molecule has 0 aliphatic rings. The van der Waals surface area contributed by atoms with E-state index in [9.17, 15) is 5.11 Å². The Morgan fingerprint density at radius 3 is 2.77 bits per heavy atom. The first-order valence-electron chi connectivity index (χ1n) is 4.10. The Morgan fingerprint density at radius 1 is 1.23 bits per heavy atom. The molecule has 66 valence electrons. The van der Waals surface area contributed by atoms with Gasteiger partial charge in [-0.05, 0) is 24.3 Å². The zero-order valence-electron chi connectivity index (χ0n) is 7.01. The van der Waals surface area contributed by atoms with Crippen molar-refractivity contribution in [2.24, 2.45) is 0 Å². The van der Waals surface area contributed by atoms with Crippen LogP contribution in [0, 0.1) is 0 Å². The van der Waals surface area contributed by atoms with Crippen LogP contribution in [0.1, 0.15) is 17.5 Å². The number of aromatic amines is 1. The normalized spacial score (nSPS) is 12.7. The van der Waals surface area contributed by atoms with Gasteiger partial charge in [0, 0.05) is 12.4 Å². The third-order valence-electron chi connectivity index (χ3n) is 1.88. The maximum absolute atomic E-state index is 9.79. The Balaban J connectivity index is 2.29. The lowest BCUT2D eigenvalue weighted by Crippen LogP contribution is -2.01. The van der Waals surface area contributed by atoms with Gasteiger partial charge in [-0.2, -0.15) is 0 Å². The van der Waals surface area contributed by atoms with E-state index in [4.69, 9.17) is 0 Å². The minimum absolute atomic E-state index is 0.656. The molecule has 2 N–H and O–H groups in total. The van der Waals surface area contributed by atoms with Crippen LogP contribution in [0.5, 0.6) is 0 Å². The van der Waals surface area contributed by atoms with E-state index in [1.54, 1.807) is 18.5 Å². The summed E-state index contributed by atoms with van der Waals surface area (Å²) in [4.78, 5) is 7.01. The number of nitrogens with one attached hydrogen (secondary N) is 1. The highest BCUT2D eigenvalue weighted by Gasteiger charge is 2.10. The van der Waals surface area contributed by atoms with Gasteiger partial charge in [0.05, 0.1) is 11.4 Å². The number of nitrogens with zero attached hydrogens (tertiary/aromatic N) is 1. The van der Waals surface area contributed by atoms with Gasteiger partial charge >= 0.3 is 0 Å². The van der Waals surface area contributed by atoms with Crippen LogP contribution in [0.4, 0.5) is 0 Å². The van der Waals surface area contributed by atoms with Gasteiger partial charge in [0.25, 0.3) is 0 Å². The molecule has 0 fully saturated rings. The summed E-state index contributed by atoms with van der Waals surface area (Å²) < 4.78 is 0. The van der Waals surface area contributed by atoms with Crippen molar-refractivity contribution in [2.45, 2.75) is 6.10 Å².